The van der Waals surface area contributed by atoms with Crippen molar-refractivity contribution in [3.63, 3.8) is 0 Å². The van der Waals surface area contributed by atoms with Gasteiger partial charge in [-0.2, -0.15) is 4.98 Å². The Labute approximate surface area is 120 Å². The summed E-state index contributed by atoms with van der Waals surface area (Å²) in [4.78, 5) is 3.96. The van der Waals surface area contributed by atoms with Gasteiger partial charge in [0.1, 0.15) is 5.75 Å². The van der Waals surface area contributed by atoms with Crippen molar-refractivity contribution in [1.29, 1.82) is 0 Å². The summed E-state index contributed by atoms with van der Waals surface area (Å²) in [7, 11) is 1.64. The van der Waals surface area contributed by atoms with E-state index in [0.717, 1.165) is 17.7 Å². The van der Waals surface area contributed by atoms with Gasteiger partial charge in [0.25, 0.3) is 0 Å². The third-order valence-electron chi connectivity index (χ3n) is 2.46. The van der Waals surface area contributed by atoms with E-state index in [0.29, 0.717) is 12.4 Å². The molecule has 0 amide bonds. The molecule has 0 aliphatic heterocycles. The molecule has 0 aliphatic carbocycles. The average molecular weight is 299 g/mol. The summed E-state index contributed by atoms with van der Waals surface area (Å²) in [5.74, 6) is 1.27. The molecule has 5 nitrogen and oxygen atoms in total. The van der Waals surface area contributed by atoms with E-state index in [1.807, 2.05) is 24.3 Å². The van der Waals surface area contributed by atoms with Crippen molar-refractivity contribution in [1.82, 2.24) is 15.2 Å². The van der Waals surface area contributed by atoms with Gasteiger partial charge >= 0.3 is 0 Å². The van der Waals surface area contributed by atoms with E-state index < -0.39 is 0 Å². The molecule has 1 aromatic heterocycles. The fourth-order valence-electron chi connectivity index (χ4n) is 1.56. The normalized spacial score (nSPS) is 10.3. The van der Waals surface area contributed by atoms with E-state index in [4.69, 9.17) is 27.9 Å². The van der Waals surface area contributed by atoms with Crippen molar-refractivity contribution in [3.8, 4) is 5.75 Å². The Bertz CT molecular complexity index is 565. The minimum atomic E-state index is 0.0632. The van der Waals surface area contributed by atoms with Gasteiger partial charge in [-0.15, -0.1) is 10.2 Å². The molecule has 0 fully saturated rings. The molecule has 0 radical (unpaired) electrons. The molecule has 2 aromatic rings. The zero-order valence-corrected chi connectivity index (χ0v) is 11.7. The maximum absolute atomic E-state index is 5.85. The molecule has 19 heavy (non-hydrogen) atoms. The molecule has 0 unspecified atom stereocenters. The second-order valence-corrected chi connectivity index (χ2v) is 4.44. The van der Waals surface area contributed by atoms with E-state index in [1.165, 1.54) is 0 Å². The first-order valence-electron chi connectivity index (χ1n) is 5.61. The number of halogens is 2. The molecule has 1 N–H and O–H groups in total. The Morgan fingerprint density at radius 3 is 2.89 bits per heavy atom. The fraction of sp³-hybridized carbons (Fsp3) is 0.250. The zero-order valence-electron chi connectivity index (χ0n) is 10.2. The lowest BCUT2D eigenvalue weighted by Crippen LogP contribution is -2.08. The molecule has 2 rings (SSSR count). The second-order valence-electron chi connectivity index (χ2n) is 3.75. The lowest BCUT2D eigenvalue weighted by atomic mass is 10.1. The van der Waals surface area contributed by atoms with Crippen LogP contribution in [0.1, 0.15) is 5.56 Å². The molecule has 0 bridgehead atoms. The third-order valence-corrected chi connectivity index (χ3v) is 2.87. The topological polar surface area (TPSA) is 59.9 Å². The Morgan fingerprint density at radius 2 is 2.11 bits per heavy atom. The largest absolute Gasteiger partial charge is 0.497 e. The van der Waals surface area contributed by atoms with Crippen LogP contribution in [-0.4, -0.2) is 28.8 Å². The van der Waals surface area contributed by atoms with Crippen molar-refractivity contribution in [2.45, 2.75) is 6.42 Å². The van der Waals surface area contributed by atoms with Crippen LogP contribution < -0.4 is 10.1 Å². The van der Waals surface area contributed by atoms with Crippen LogP contribution in [0.3, 0.4) is 0 Å². The quantitative estimate of drug-likeness (QED) is 0.920. The molecule has 0 spiro atoms. The predicted molar refractivity (Wildman–Crippen MR) is 75.0 cm³/mol. The summed E-state index contributed by atoms with van der Waals surface area (Å²) >= 11 is 11.5. The second kappa shape index (κ2) is 6.54. The minimum Gasteiger partial charge on any atom is -0.497 e. The van der Waals surface area contributed by atoms with Crippen molar-refractivity contribution in [3.05, 3.63) is 40.3 Å². The number of nitrogens with one attached hydrogen (secondary N) is 1. The molecule has 0 aliphatic rings. The number of aromatic nitrogens is 3. The molecule has 0 saturated carbocycles. The molecule has 0 saturated heterocycles. The number of ether oxygens (including phenoxy) is 1. The Balaban J connectivity index is 1.94. The average Bonchev–Trinajstić information content (AvgIpc) is 2.43. The summed E-state index contributed by atoms with van der Waals surface area (Å²) in [6, 6.07) is 7.86. The fourth-order valence-corrected chi connectivity index (χ4v) is 1.83. The SMILES string of the molecule is COc1cccc(CCNc2nc(Cl)nnc2Cl)c1. The summed E-state index contributed by atoms with van der Waals surface area (Å²) in [5.41, 5.74) is 1.15. The van der Waals surface area contributed by atoms with Gasteiger partial charge in [-0.3, -0.25) is 0 Å². The number of rotatable bonds is 5. The van der Waals surface area contributed by atoms with Crippen LogP contribution in [0.15, 0.2) is 24.3 Å². The molecule has 1 aromatic carbocycles. The Hall–Kier alpha value is -1.59. The van der Waals surface area contributed by atoms with Gasteiger partial charge in [0.15, 0.2) is 11.0 Å². The van der Waals surface area contributed by atoms with Crippen LogP contribution in [0.2, 0.25) is 10.4 Å². The van der Waals surface area contributed by atoms with Crippen molar-refractivity contribution in [2.24, 2.45) is 0 Å². The van der Waals surface area contributed by atoms with E-state index in [2.05, 4.69) is 20.5 Å². The summed E-state index contributed by atoms with van der Waals surface area (Å²) in [6.45, 7) is 0.655. The lowest BCUT2D eigenvalue weighted by molar-refractivity contribution is 0.414. The van der Waals surface area contributed by atoms with Crippen LogP contribution in [-0.2, 0) is 6.42 Å². The number of benzene rings is 1. The zero-order chi connectivity index (χ0) is 13.7. The number of anilines is 1. The highest BCUT2D eigenvalue weighted by molar-refractivity contribution is 6.32. The van der Waals surface area contributed by atoms with Gasteiger partial charge in [0, 0.05) is 6.54 Å². The van der Waals surface area contributed by atoms with E-state index in [9.17, 15) is 0 Å². The van der Waals surface area contributed by atoms with Crippen LogP contribution in [0.4, 0.5) is 5.82 Å². The molecule has 7 heteroatoms. The minimum absolute atomic E-state index is 0.0632. The van der Waals surface area contributed by atoms with Crippen LogP contribution in [0.5, 0.6) is 5.75 Å². The smallest absolute Gasteiger partial charge is 0.245 e. The molecular formula is C12H12Cl2N4O. The van der Waals surface area contributed by atoms with E-state index in [1.54, 1.807) is 7.11 Å². The maximum Gasteiger partial charge on any atom is 0.245 e. The van der Waals surface area contributed by atoms with Gasteiger partial charge in [0.05, 0.1) is 7.11 Å². The highest BCUT2D eigenvalue weighted by Gasteiger charge is 2.05. The summed E-state index contributed by atoms with van der Waals surface area (Å²) < 4.78 is 5.16. The van der Waals surface area contributed by atoms with Gasteiger partial charge < -0.3 is 10.1 Å². The molecule has 0 atom stereocenters. The third kappa shape index (κ3) is 3.94. The van der Waals surface area contributed by atoms with Crippen LogP contribution in [0, 0.1) is 0 Å². The monoisotopic (exact) mass is 298 g/mol. The molecule has 100 valence electrons. The lowest BCUT2D eigenvalue weighted by Gasteiger charge is -2.07. The molecular weight excluding hydrogens is 287 g/mol. The van der Waals surface area contributed by atoms with Gasteiger partial charge in [-0.05, 0) is 35.7 Å². The van der Waals surface area contributed by atoms with Crippen LogP contribution >= 0.6 is 23.2 Å². The van der Waals surface area contributed by atoms with Gasteiger partial charge in [0.2, 0.25) is 5.28 Å². The van der Waals surface area contributed by atoms with E-state index >= 15 is 0 Å². The highest BCUT2D eigenvalue weighted by Crippen LogP contribution is 2.17. The molecule has 1 heterocycles. The van der Waals surface area contributed by atoms with E-state index in [-0.39, 0.29) is 10.4 Å². The first kappa shape index (κ1) is 13.8. The highest BCUT2D eigenvalue weighted by atomic mass is 35.5. The Morgan fingerprint density at radius 1 is 1.26 bits per heavy atom. The van der Waals surface area contributed by atoms with Crippen molar-refractivity contribution < 1.29 is 4.74 Å². The first-order chi connectivity index (χ1) is 9.19. The number of nitrogens with zero attached hydrogens (tertiary/aromatic N) is 3. The number of hydrogen-bond donors (Lipinski definition) is 1. The van der Waals surface area contributed by atoms with Gasteiger partial charge in [-0.1, -0.05) is 23.7 Å². The number of hydrogen-bond acceptors (Lipinski definition) is 5. The standard InChI is InChI=1S/C12H12Cl2N4O/c1-19-9-4-2-3-8(7-9)5-6-15-11-10(13)17-18-12(14)16-11/h2-4,7H,5-6H2,1H3,(H,15,16,18). The van der Waals surface area contributed by atoms with Crippen molar-refractivity contribution >= 4 is 29.0 Å². The summed E-state index contributed by atoms with van der Waals surface area (Å²) in [5, 5.41) is 10.6. The first-order valence-corrected chi connectivity index (χ1v) is 6.37. The maximum atomic E-state index is 5.85. The van der Waals surface area contributed by atoms with Crippen LogP contribution in [0.25, 0.3) is 0 Å². The van der Waals surface area contributed by atoms with Gasteiger partial charge in [-0.25, -0.2) is 0 Å². The summed E-state index contributed by atoms with van der Waals surface area (Å²) in [6.07, 6.45) is 0.801. The Kier molecular flexibility index (Phi) is 4.76. The number of methoxy groups -OCH3 is 1. The predicted octanol–water partition coefficient (Wildman–Crippen LogP) is 2.84. The van der Waals surface area contributed by atoms with Crippen molar-refractivity contribution in [2.75, 3.05) is 19.0 Å².